The van der Waals surface area contributed by atoms with Crippen LogP contribution in [0, 0.1) is 12.7 Å². The molecule has 0 aliphatic rings. The number of rotatable bonds is 7. The Morgan fingerprint density at radius 3 is 2.36 bits per heavy atom. The average Bonchev–Trinajstić information content (AvgIpc) is 2.54. The van der Waals surface area contributed by atoms with E-state index in [4.69, 9.17) is 0 Å². The fourth-order valence-electron chi connectivity index (χ4n) is 2.27. The third kappa shape index (κ3) is 5.95. The third-order valence-electron chi connectivity index (χ3n) is 3.70. The van der Waals surface area contributed by atoms with Gasteiger partial charge in [-0.3, -0.25) is 4.79 Å². The number of carbonyl (C=O) groups excluding carboxylic acids is 1. The number of carbonyl (C=O) groups is 1. The van der Waals surface area contributed by atoms with Gasteiger partial charge in [0.2, 0.25) is 15.9 Å². The standard InChI is InChI=1S/C18H21FN2O3S/c1-14-7-9-16(10-8-14)20-18(22)11-12-21(25(2,23)24)13-15-5-3-4-6-17(15)19/h3-10H,11-13H2,1-2H3,(H,20,22). The van der Waals surface area contributed by atoms with Gasteiger partial charge < -0.3 is 5.32 Å². The summed E-state index contributed by atoms with van der Waals surface area (Å²) in [6.07, 6.45) is 1.03. The lowest BCUT2D eigenvalue weighted by atomic mass is 10.2. The van der Waals surface area contributed by atoms with Gasteiger partial charge in [-0.2, -0.15) is 4.31 Å². The first-order chi connectivity index (χ1) is 11.8. The number of halogens is 1. The lowest BCUT2D eigenvalue weighted by molar-refractivity contribution is -0.116. The zero-order valence-corrected chi connectivity index (χ0v) is 15.0. The minimum Gasteiger partial charge on any atom is -0.326 e. The SMILES string of the molecule is Cc1ccc(NC(=O)CCN(Cc2ccccc2F)S(C)(=O)=O)cc1. The van der Waals surface area contributed by atoms with Crippen molar-refractivity contribution in [3.05, 3.63) is 65.5 Å². The highest BCUT2D eigenvalue weighted by atomic mass is 32.2. The minimum atomic E-state index is -3.57. The highest BCUT2D eigenvalue weighted by Gasteiger charge is 2.19. The summed E-state index contributed by atoms with van der Waals surface area (Å²) >= 11 is 0. The monoisotopic (exact) mass is 364 g/mol. The number of sulfonamides is 1. The lowest BCUT2D eigenvalue weighted by Crippen LogP contribution is -2.32. The van der Waals surface area contributed by atoms with Crippen LogP contribution in [0.3, 0.4) is 0 Å². The first-order valence-corrected chi connectivity index (χ1v) is 9.65. The van der Waals surface area contributed by atoms with Crippen molar-refractivity contribution < 1.29 is 17.6 Å². The number of nitrogens with zero attached hydrogens (tertiary/aromatic N) is 1. The number of hydrogen-bond donors (Lipinski definition) is 1. The average molecular weight is 364 g/mol. The Balaban J connectivity index is 1.99. The molecule has 0 atom stereocenters. The molecular formula is C18H21FN2O3S. The predicted octanol–water partition coefficient (Wildman–Crippen LogP) is 2.92. The molecule has 0 unspecified atom stereocenters. The van der Waals surface area contributed by atoms with Crippen LogP contribution in [0.4, 0.5) is 10.1 Å². The smallest absolute Gasteiger partial charge is 0.225 e. The summed E-state index contributed by atoms with van der Waals surface area (Å²) in [6.45, 7) is 1.81. The van der Waals surface area contributed by atoms with Crippen molar-refractivity contribution >= 4 is 21.6 Å². The fraction of sp³-hybridized carbons (Fsp3) is 0.278. The van der Waals surface area contributed by atoms with E-state index >= 15 is 0 Å². The Labute approximate surface area is 147 Å². The van der Waals surface area contributed by atoms with Crippen LogP contribution in [0.1, 0.15) is 17.5 Å². The zero-order valence-electron chi connectivity index (χ0n) is 14.2. The number of anilines is 1. The molecule has 0 bridgehead atoms. The molecule has 0 aromatic heterocycles. The van der Waals surface area contributed by atoms with E-state index in [9.17, 15) is 17.6 Å². The summed E-state index contributed by atoms with van der Waals surface area (Å²) in [5, 5.41) is 2.72. The molecule has 0 spiro atoms. The number of nitrogens with one attached hydrogen (secondary N) is 1. The number of amides is 1. The molecule has 2 aromatic rings. The largest absolute Gasteiger partial charge is 0.326 e. The molecule has 0 radical (unpaired) electrons. The molecule has 5 nitrogen and oxygen atoms in total. The summed E-state index contributed by atoms with van der Waals surface area (Å²) in [4.78, 5) is 12.0. The Morgan fingerprint density at radius 1 is 1.12 bits per heavy atom. The van der Waals surface area contributed by atoms with E-state index in [1.54, 1.807) is 24.3 Å². The Bertz CT molecular complexity index is 836. The maximum absolute atomic E-state index is 13.8. The Kier molecular flexibility index (Phi) is 6.27. The molecule has 1 amide bonds. The van der Waals surface area contributed by atoms with Gasteiger partial charge in [0.1, 0.15) is 5.82 Å². The number of aryl methyl sites for hydroxylation is 1. The Morgan fingerprint density at radius 2 is 1.76 bits per heavy atom. The molecule has 0 heterocycles. The van der Waals surface area contributed by atoms with Crippen LogP contribution in [0.25, 0.3) is 0 Å². The molecule has 2 aromatic carbocycles. The van der Waals surface area contributed by atoms with Crippen LogP contribution in [-0.2, 0) is 21.4 Å². The molecule has 1 N–H and O–H groups in total. The molecule has 25 heavy (non-hydrogen) atoms. The molecule has 0 saturated heterocycles. The summed E-state index contributed by atoms with van der Waals surface area (Å²) in [6, 6.07) is 13.3. The molecule has 0 saturated carbocycles. The van der Waals surface area contributed by atoms with E-state index in [-0.39, 0.29) is 31.0 Å². The summed E-state index contributed by atoms with van der Waals surface area (Å²) in [5.41, 5.74) is 1.99. The molecule has 134 valence electrons. The van der Waals surface area contributed by atoms with Crippen LogP contribution < -0.4 is 5.32 Å². The third-order valence-corrected chi connectivity index (χ3v) is 4.95. The first-order valence-electron chi connectivity index (χ1n) is 7.81. The van der Waals surface area contributed by atoms with E-state index in [1.165, 1.54) is 12.1 Å². The number of benzene rings is 2. The van der Waals surface area contributed by atoms with Crippen molar-refractivity contribution in [1.82, 2.24) is 4.31 Å². The van der Waals surface area contributed by atoms with Gasteiger partial charge in [-0.05, 0) is 25.1 Å². The van der Waals surface area contributed by atoms with E-state index in [0.29, 0.717) is 5.69 Å². The molecule has 0 aliphatic heterocycles. The van der Waals surface area contributed by atoms with E-state index in [2.05, 4.69) is 5.32 Å². The van der Waals surface area contributed by atoms with E-state index in [0.717, 1.165) is 16.1 Å². The lowest BCUT2D eigenvalue weighted by Gasteiger charge is -2.20. The van der Waals surface area contributed by atoms with Gasteiger partial charge in [0.25, 0.3) is 0 Å². The normalized spacial score (nSPS) is 11.5. The van der Waals surface area contributed by atoms with Gasteiger partial charge in [-0.1, -0.05) is 35.9 Å². The maximum Gasteiger partial charge on any atom is 0.225 e. The van der Waals surface area contributed by atoms with Crippen molar-refractivity contribution in [2.24, 2.45) is 0 Å². The topological polar surface area (TPSA) is 66.5 Å². The van der Waals surface area contributed by atoms with Crippen LogP contribution in [0.2, 0.25) is 0 Å². The first kappa shape index (κ1) is 19.1. The van der Waals surface area contributed by atoms with Crippen molar-refractivity contribution in [3.63, 3.8) is 0 Å². The second-order valence-corrected chi connectivity index (χ2v) is 7.83. The van der Waals surface area contributed by atoms with Gasteiger partial charge in [0.05, 0.1) is 6.26 Å². The summed E-state index contributed by atoms with van der Waals surface area (Å²) in [5.74, 6) is -0.772. The predicted molar refractivity (Wildman–Crippen MR) is 96.1 cm³/mol. The fourth-order valence-corrected chi connectivity index (χ4v) is 3.06. The van der Waals surface area contributed by atoms with Crippen molar-refractivity contribution in [2.45, 2.75) is 19.9 Å². The minimum absolute atomic E-state index is 0.0185. The Hall–Kier alpha value is -2.25. The quantitative estimate of drug-likeness (QED) is 0.821. The number of hydrogen-bond acceptors (Lipinski definition) is 3. The van der Waals surface area contributed by atoms with E-state index < -0.39 is 15.8 Å². The van der Waals surface area contributed by atoms with Crippen LogP contribution >= 0.6 is 0 Å². The highest BCUT2D eigenvalue weighted by Crippen LogP contribution is 2.14. The zero-order chi connectivity index (χ0) is 18.4. The van der Waals surface area contributed by atoms with Crippen molar-refractivity contribution in [3.8, 4) is 0 Å². The van der Waals surface area contributed by atoms with Crippen molar-refractivity contribution in [1.29, 1.82) is 0 Å². The molecule has 2 rings (SSSR count). The molecule has 0 fully saturated rings. The van der Waals surface area contributed by atoms with Crippen LogP contribution in [0.5, 0.6) is 0 Å². The maximum atomic E-state index is 13.8. The molecule has 7 heteroatoms. The van der Waals surface area contributed by atoms with Crippen LogP contribution in [-0.4, -0.2) is 31.4 Å². The molecule has 0 aliphatic carbocycles. The van der Waals surface area contributed by atoms with Gasteiger partial charge in [0.15, 0.2) is 0 Å². The van der Waals surface area contributed by atoms with Gasteiger partial charge in [-0.25, -0.2) is 12.8 Å². The van der Waals surface area contributed by atoms with E-state index in [1.807, 2.05) is 19.1 Å². The molecular weight excluding hydrogens is 343 g/mol. The van der Waals surface area contributed by atoms with Gasteiger partial charge in [0, 0.05) is 30.8 Å². The summed E-state index contributed by atoms with van der Waals surface area (Å²) < 4.78 is 38.7. The van der Waals surface area contributed by atoms with Crippen molar-refractivity contribution in [2.75, 3.05) is 18.1 Å². The van der Waals surface area contributed by atoms with Gasteiger partial charge in [-0.15, -0.1) is 0 Å². The van der Waals surface area contributed by atoms with Gasteiger partial charge >= 0.3 is 0 Å². The highest BCUT2D eigenvalue weighted by molar-refractivity contribution is 7.88. The second-order valence-electron chi connectivity index (χ2n) is 5.85. The van der Waals surface area contributed by atoms with Crippen LogP contribution in [0.15, 0.2) is 48.5 Å². The second kappa shape index (κ2) is 8.22. The summed E-state index contributed by atoms with van der Waals surface area (Å²) in [7, 11) is -3.57.